The first kappa shape index (κ1) is 15.2. The topological polar surface area (TPSA) is 21.3 Å². The van der Waals surface area contributed by atoms with Crippen molar-refractivity contribution in [3.63, 3.8) is 0 Å². The maximum Gasteiger partial charge on any atom is 0.119 e. The predicted molar refractivity (Wildman–Crippen MR) is 88.7 cm³/mol. The third-order valence-electron chi connectivity index (χ3n) is 2.81. The first-order chi connectivity index (χ1) is 9.69. The molecule has 0 saturated heterocycles. The number of anilines is 1. The van der Waals surface area contributed by atoms with E-state index in [0.717, 1.165) is 40.5 Å². The van der Waals surface area contributed by atoms with Crippen LogP contribution in [0.3, 0.4) is 0 Å². The number of ether oxygens (including phenoxy) is 1. The zero-order valence-electron chi connectivity index (χ0n) is 11.3. The van der Waals surface area contributed by atoms with Crippen molar-refractivity contribution in [2.45, 2.75) is 19.9 Å². The molecule has 0 heterocycles. The minimum atomic E-state index is 0.721. The Bertz CT molecular complexity index is 557. The maximum atomic E-state index is 5.99. The van der Waals surface area contributed by atoms with E-state index in [0.29, 0.717) is 0 Å². The smallest absolute Gasteiger partial charge is 0.119 e. The molecule has 0 spiro atoms. The molecule has 1 N–H and O–H groups in total. The highest BCUT2D eigenvalue weighted by molar-refractivity contribution is 9.10. The molecule has 106 valence electrons. The third-order valence-corrected chi connectivity index (χ3v) is 3.73. The van der Waals surface area contributed by atoms with Gasteiger partial charge in [-0.05, 0) is 58.2 Å². The van der Waals surface area contributed by atoms with Crippen LogP contribution in [0.25, 0.3) is 0 Å². The average Bonchev–Trinajstić information content (AvgIpc) is 2.47. The average molecular weight is 355 g/mol. The summed E-state index contributed by atoms with van der Waals surface area (Å²) in [4.78, 5) is 0. The van der Waals surface area contributed by atoms with Crippen LogP contribution in [0.1, 0.15) is 18.9 Å². The minimum absolute atomic E-state index is 0.721. The number of hydrogen-bond acceptors (Lipinski definition) is 2. The van der Waals surface area contributed by atoms with Crippen molar-refractivity contribution < 1.29 is 4.74 Å². The molecule has 0 aliphatic rings. The summed E-state index contributed by atoms with van der Waals surface area (Å²) >= 11 is 9.49. The largest absolute Gasteiger partial charge is 0.494 e. The van der Waals surface area contributed by atoms with E-state index in [1.54, 1.807) is 0 Å². The van der Waals surface area contributed by atoms with Crippen molar-refractivity contribution in [1.29, 1.82) is 0 Å². The zero-order valence-corrected chi connectivity index (χ0v) is 13.7. The molecule has 0 amide bonds. The highest BCUT2D eigenvalue weighted by atomic mass is 79.9. The van der Waals surface area contributed by atoms with Crippen LogP contribution in [0.15, 0.2) is 46.9 Å². The van der Waals surface area contributed by atoms with Gasteiger partial charge in [-0.15, -0.1) is 0 Å². The van der Waals surface area contributed by atoms with E-state index in [-0.39, 0.29) is 0 Å². The Hall–Kier alpha value is -1.19. The van der Waals surface area contributed by atoms with Gasteiger partial charge in [-0.25, -0.2) is 0 Å². The van der Waals surface area contributed by atoms with Gasteiger partial charge in [-0.3, -0.25) is 0 Å². The van der Waals surface area contributed by atoms with Crippen LogP contribution >= 0.6 is 27.5 Å². The van der Waals surface area contributed by atoms with Crippen LogP contribution in [0, 0.1) is 0 Å². The summed E-state index contributed by atoms with van der Waals surface area (Å²) < 4.78 is 6.57. The number of benzene rings is 2. The van der Waals surface area contributed by atoms with E-state index in [9.17, 15) is 0 Å². The van der Waals surface area contributed by atoms with Gasteiger partial charge in [0, 0.05) is 16.0 Å². The van der Waals surface area contributed by atoms with Gasteiger partial charge in [0.2, 0.25) is 0 Å². The van der Waals surface area contributed by atoms with Crippen LogP contribution in [0.2, 0.25) is 5.02 Å². The molecule has 2 rings (SSSR count). The lowest BCUT2D eigenvalue weighted by Gasteiger charge is -2.10. The van der Waals surface area contributed by atoms with Gasteiger partial charge in [0.05, 0.1) is 12.3 Å². The van der Waals surface area contributed by atoms with Gasteiger partial charge in [0.1, 0.15) is 5.75 Å². The van der Waals surface area contributed by atoms with Gasteiger partial charge in [-0.2, -0.15) is 0 Å². The molecule has 0 radical (unpaired) electrons. The quantitative estimate of drug-likeness (QED) is 0.739. The molecule has 20 heavy (non-hydrogen) atoms. The molecule has 0 unspecified atom stereocenters. The van der Waals surface area contributed by atoms with Crippen molar-refractivity contribution >= 4 is 33.2 Å². The number of halogens is 2. The van der Waals surface area contributed by atoms with Crippen LogP contribution in [0.5, 0.6) is 5.75 Å². The monoisotopic (exact) mass is 353 g/mol. The molecule has 0 bridgehead atoms. The van der Waals surface area contributed by atoms with Crippen molar-refractivity contribution in [2.75, 3.05) is 11.9 Å². The molecule has 2 aromatic carbocycles. The van der Waals surface area contributed by atoms with Gasteiger partial charge in [-0.1, -0.05) is 30.7 Å². The molecule has 4 heteroatoms. The molecular weight excluding hydrogens is 338 g/mol. The summed E-state index contributed by atoms with van der Waals surface area (Å²) in [5.41, 5.74) is 2.18. The van der Waals surface area contributed by atoms with E-state index in [1.807, 2.05) is 30.3 Å². The molecule has 0 saturated carbocycles. The van der Waals surface area contributed by atoms with E-state index in [2.05, 4.69) is 40.3 Å². The summed E-state index contributed by atoms with van der Waals surface area (Å²) in [5.74, 6) is 0.916. The predicted octanol–water partition coefficient (Wildman–Crippen LogP) is 5.50. The Morgan fingerprint density at radius 2 is 1.90 bits per heavy atom. The molecule has 0 fully saturated rings. The van der Waals surface area contributed by atoms with Crippen molar-refractivity contribution in [1.82, 2.24) is 0 Å². The lowest BCUT2D eigenvalue weighted by molar-refractivity contribution is 0.317. The minimum Gasteiger partial charge on any atom is -0.494 e. The molecule has 0 aliphatic carbocycles. The third kappa shape index (κ3) is 4.43. The maximum absolute atomic E-state index is 5.99. The molecule has 0 aliphatic heterocycles. The summed E-state index contributed by atoms with van der Waals surface area (Å²) in [6.07, 6.45) is 1.02. The zero-order chi connectivity index (χ0) is 14.4. The van der Waals surface area contributed by atoms with Gasteiger partial charge < -0.3 is 10.1 Å². The lowest BCUT2D eigenvalue weighted by atomic mass is 10.2. The van der Waals surface area contributed by atoms with Crippen LogP contribution < -0.4 is 10.1 Å². The Labute approximate surface area is 133 Å². The Kier molecular flexibility index (Phi) is 5.74. The molecule has 0 atom stereocenters. The first-order valence-corrected chi connectivity index (χ1v) is 7.77. The second-order valence-electron chi connectivity index (χ2n) is 4.47. The first-order valence-electron chi connectivity index (χ1n) is 6.59. The molecular formula is C16H17BrClNO. The standard InChI is InChI=1S/C16H17BrClNO/c1-2-9-20-14-6-3-12(4-7-14)11-19-16-10-13(18)5-8-15(16)17/h3-8,10,19H,2,9,11H2,1H3. The lowest BCUT2D eigenvalue weighted by Crippen LogP contribution is -2.00. The van der Waals surface area contributed by atoms with Crippen LogP contribution in [-0.4, -0.2) is 6.61 Å². The summed E-state index contributed by atoms with van der Waals surface area (Å²) in [7, 11) is 0. The Balaban J connectivity index is 1.95. The fourth-order valence-corrected chi connectivity index (χ4v) is 2.31. The van der Waals surface area contributed by atoms with E-state index < -0.39 is 0 Å². The second-order valence-corrected chi connectivity index (χ2v) is 5.76. The summed E-state index contributed by atoms with van der Waals surface area (Å²) in [5, 5.41) is 4.08. The SMILES string of the molecule is CCCOc1ccc(CNc2cc(Cl)ccc2Br)cc1. The summed E-state index contributed by atoms with van der Waals surface area (Å²) in [6.45, 7) is 3.60. The Morgan fingerprint density at radius 3 is 2.60 bits per heavy atom. The number of hydrogen-bond donors (Lipinski definition) is 1. The highest BCUT2D eigenvalue weighted by Gasteiger charge is 2.01. The van der Waals surface area contributed by atoms with E-state index in [4.69, 9.17) is 16.3 Å². The van der Waals surface area contributed by atoms with Gasteiger partial charge >= 0.3 is 0 Å². The Morgan fingerprint density at radius 1 is 1.15 bits per heavy atom. The van der Waals surface area contributed by atoms with Gasteiger partial charge in [0.15, 0.2) is 0 Å². The van der Waals surface area contributed by atoms with E-state index >= 15 is 0 Å². The fraction of sp³-hybridized carbons (Fsp3) is 0.250. The number of nitrogens with one attached hydrogen (secondary N) is 1. The van der Waals surface area contributed by atoms with Crippen molar-refractivity contribution in [3.8, 4) is 5.75 Å². The molecule has 0 aromatic heterocycles. The molecule has 2 aromatic rings. The number of rotatable bonds is 6. The van der Waals surface area contributed by atoms with Gasteiger partial charge in [0.25, 0.3) is 0 Å². The fourth-order valence-electron chi connectivity index (χ4n) is 1.75. The summed E-state index contributed by atoms with van der Waals surface area (Å²) in [6, 6.07) is 13.8. The normalized spacial score (nSPS) is 10.3. The highest BCUT2D eigenvalue weighted by Crippen LogP contribution is 2.26. The molecule has 2 nitrogen and oxygen atoms in total. The second kappa shape index (κ2) is 7.55. The van der Waals surface area contributed by atoms with Crippen molar-refractivity contribution in [2.24, 2.45) is 0 Å². The van der Waals surface area contributed by atoms with Crippen molar-refractivity contribution in [3.05, 3.63) is 57.5 Å². The van der Waals surface area contributed by atoms with Crippen LogP contribution in [0.4, 0.5) is 5.69 Å². The van der Waals surface area contributed by atoms with Crippen LogP contribution in [-0.2, 0) is 6.54 Å². The van der Waals surface area contributed by atoms with E-state index in [1.165, 1.54) is 5.56 Å².